The number of phenols is 1. The number of carbonyl (C=O) groups is 1. The van der Waals surface area contributed by atoms with Gasteiger partial charge in [0, 0.05) is 5.69 Å². The molecule has 1 aromatic carbocycles. The van der Waals surface area contributed by atoms with Crippen LogP contribution in [0.3, 0.4) is 0 Å². The summed E-state index contributed by atoms with van der Waals surface area (Å²) in [6.45, 7) is 7.61. The first-order valence-corrected chi connectivity index (χ1v) is 7.31. The zero-order valence-corrected chi connectivity index (χ0v) is 12.5. The zero-order chi connectivity index (χ0) is 14.8. The summed E-state index contributed by atoms with van der Waals surface area (Å²) < 4.78 is 0. The highest BCUT2D eigenvalue weighted by Crippen LogP contribution is 2.35. The summed E-state index contributed by atoms with van der Waals surface area (Å²) in [7, 11) is 0. The zero-order valence-electron chi connectivity index (χ0n) is 12.5. The average molecular weight is 276 g/mol. The third-order valence-corrected chi connectivity index (χ3v) is 4.51. The quantitative estimate of drug-likeness (QED) is 0.744. The number of carbonyl (C=O) groups excluding carboxylic acids is 1. The molecular weight excluding hydrogens is 252 g/mol. The molecule has 2 rings (SSSR count). The molecule has 1 heterocycles. The number of aromatic hydroxyl groups is 1. The molecule has 20 heavy (non-hydrogen) atoms. The van der Waals surface area contributed by atoms with Gasteiger partial charge in [0.05, 0.1) is 5.41 Å². The molecule has 0 spiro atoms. The maximum Gasteiger partial charge on any atom is 0.230 e. The average Bonchev–Trinajstić information content (AvgIpc) is 2.45. The molecule has 0 saturated carbocycles. The highest BCUT2D eigenvalue weighted by Gasteiger charge is 2.37. The molecule has 1 amide bonds. The van der Waals surface area contributed by atoms with Gasteiger partial charge in [-0.15, -0.1) is 0 Å². The van der Waals surface area contributed by atoms with Crippen molar-refractivity contribution in [2.24, 2.45) is 5.41 Å². The van der Waals surface area contributed by atoms with Gasteiger partial charge in [0.2, 0.25) is 5.91 Å². The molecule has 1 aromatic rings. The summed E-state index contributed by atoms with van der Waals surface area (Å²) in [5.74, 6) is 0.377. The second-order valence-corrected chi connectivity index (χ2v) is 5.79. The molecule has 1 aliphatic rings. The molecule has 0 unspecified atom stereocenters. The topological polar surface area (TPSA) is 61.4 Å². The second kappa shape index (κ2) is 5.83. The van der Waals surface area contributed by atoms with E-state index in [9.17, 15) is 9.90 Å². The van der Waals surface area contributed by atoms with E-state index in [2.05, 4.69) is 17.6 Å². The maximum absolute atomic E-state index is 12.7. The monoisotopic (exact) mass is 276 g/mol. The Kier molecular flexibility index (Phi) is 4.33. The summed E-state index contributed by atoms with van der Waals surface area (Å²) in [5.41, 5.74) is 2.21. The van der Waals surface area contributed by atoms with Gasteiger partial charge >= 0.3 is 0 Å². The Balaban J connectivity index is 2.20. The molecule has 110 valence electrons. The fraction of sp³-hybridized carbons (Fsp3) is 0.562. The van der Waals surface area contributed by atoms with Crippen LogP contribution in [0.1, 0.15) is 37.3 Å². The van der Waals surface area contributed by atoms with Gasteiger partial charge in [0.1, 0.15) is 5.75 Å². The van der Waals surface area contributed by atoms with Gasteiger partial charge in [-0.2, -0.15) is 0 Å². The lowest BCUT2D eigenvalue weighted by molar-refractivity contribution is -0.127. The SMILES string of the molecule is CCC1(C(=O)Nc2cc(C)c(O)cc2C)CCNCC1. The van der Waals surface area contributed by atoms with Crippen molar-refractivity contribution in [3.8, 4) is 5.75 Å². The minimum absolute atomic E-state index is 0.106. The van der Waals surface area contributed by atoms with Crippen LogP contribution in [0, 0.1) is 19.3 Å². The predicted molar refractivity (Wildman–Crippen MR) is 81.0 cm³/mol. The smallest absolute Gasteiger partial charge is 0.230 e. The van der Waals surface area contributed by atoms with Crippen LogP contribution in [0.4, 0.5) is 5.69 Å². The van der Waals surface area contributed by atoms with Gasteiger partial charge in [-0.3, -0.25) is 4.79 Å². The lowest BCUT2D eigenvalue weighted by Crippen LogP contribution is -2.44. The number of phenolic OH excluding ortho intramolecular Hbond substituents is 1. The Bertz CT molecular complexity index is 505. The number of nitrogens with one attached hydrogen (secondary N) is 2. The molecule has 1 fully saturated rings. The van der Waals surface area contributed by atoms with Crippen LogP contribution in [0.5, 0.6) is 5.75 Å². The van der Waals surface area contributed by atoms with Crippen molar-refractivity contribution in [1.82, 2.24) is 5.32 Å². The predicted octanol–water partition coefficient (Wildman–Crippen LogP) is 2.73. The van der Waals surface area contributed by atoms with Crippen molar-refractivity contribution in [3.63, 3.8) is 0 Å². The summed E-state index contributed by atoms with van der Waals surface area (Å²) in [6, 6.07) is 3.54. The van der Waals surface area contributed by atoms with Gasteiger partial charge in [-0.1, -0.05) is 6.92 Å². The largest absolute Gasteiger partial charge is 0.508 e. The summed E-state index contributed by atoms with van der Waals surface area (Å²) in [6.07, 6.45) is 2.62. The first-order chi connectivity index (χ1) is 9.48. The number of anilines is 1. The van der Waals surface area contributed by atoms with E-state index < -0.39 is 0 Å². The van der Waals surface area contributed by atoms with E-state index in [-0.39, 0.29) is 17.1 Å². The minimum atomic E-state index is -0.260. The molecular formula is C16H24N2O2. The Morgan fingerprint density at radius 1 is 1.30 bits per heavy atom. The molecule has 1 aliphatic heterocycles. The van der Waals surface area contributed by atoms with Crippen LogP contribution in [0.2, 0.25) is 0 Å². The first kappa shape index (κ1) is 14.9. The Hall–Kier alpha value is -1.55. The minimum Gasteiger partial charge on any atom is -0.508 e. The highest BCUT2D eigenvalue weighted by atomic mass is 16.3. The molecule has 0 aromatic heterocycles. The van der Waals surface area contributed by atoms with E-state index in [4.69, 9.17) is 0 Å². The summed E-state index contributed by atoms with van der Waals surface area (Å²) in [5, 5.41) is 16.1. The van der Waals surface area contributed by atoms with E-state index in [1.54, 1.807) is 6.07 Å². The van der Waals surface area contributed by atoms with Crippen molar-refractivity contribution in [2.75, 3.05) is 18.4 Å². The van der Waals surface area contributed by atoms with Crippen LogP contribution in [0.15, 0.2) is 12.1 Å². The molecule has 4 heteroatoms. The van der Waals surface area contributed by atoms with Gasteiger partial charge < -0.3 is 15.7 Å². The Morgan fingerprint density at radius 2 is 1.95 bits per heavy atom. The van der Waals surface area contributed by atoms with E-state index in [1.165, 1.54) is 0 Å². The first-order valence-electron chi connectivity index (χ1n) is 7.31. The van der Waals surface area contributed by atoms with Gasteiger partial charge in [-0.25, -0.2) is 0 Å². The lowest BCUT2D eigenvalue weighted by Gasteiger charge is -2.35. The number of benzene rings is 1. The number of piperidine rings is 1. The standard InChI is InChI=1S/C16H24N2O2/c1-4-16(5-7-17-8-6-16)15(20)18-13-9-12(3)14(19)10-11(13)2/h9-10,17,19H,4-8H2,1-3H3,(H,18,20). The van der Waals surface area contributed by atoms with Crippen molar-refractivity contribution >= 4 is 11.6 Å². The lowest BCUT2D eigenvalue weighted by atomic mass is 9.76. The number of rotatable bonds is 3. The fourth-order valence-electron chi connectivity index (χ4n) is 2.84. The molecule has 1 saturated heterocycles. The molecule has 0 bridgehead atoms. The van der Waals surface area contributed by atoms with Crippen LogP contribution in [0.25, 0.3) is 0 Å². The van der Waals surface area contributed by atoms with Gasteiger partial charge in [0.25, 0.3) is 0 Å². The Morgan fingerprint density at radius 3 is 2.55 bits per heavy atom. The highest BCUT2D eigenvalue weighted by molar-refractivity contribution is 5.96. The fourth-order valence-corrected chi connectivity index (χ4v) is 2.84. The molecule has 0 atom stereocenters. The third kappa shape index (κ3) is 2.80. The van der Waals surface area contributed by atoms with E-state index in [1.807, 2.05) is 19.9 Å². The number of hydrogen-bond acceptors (Lipinski definition) is 3. The molecule has 3 N–H and O–H groups in total. The molecule has 4 nitrogen and oxygen atoms in total. The van der Waals surface area contributed by atoms with Crippen molar-refractivity contribution in [3.05, 3.63) is 23.3 Å². The van der Waals surface area contributed by atoms with Crippen LogP contribution >= 0.6 is 0 Å². The maximum atomic E-state index is 12.7. The van der Waals surface area contributed by atoms with E-state index >= 15 is 0 Å². The van der Waals surface area contributed by atoms with E-state index in [0.29, 0.717) is 0 Å². The summed E-state index contributed by atoms with van der Waals surface area (Å²) in [4.78, 5) is 12.7. The number of aryl methyl sites for hydroxylation is 2. The van der Waals surface area contributed by atoms with Crippen molar-refractivity contribution in [1.29, 1.82) is 0 Å². The second-order valence-electron chi connectivity index (χ2n) is 5.79. The van der Waals surface area contributed by atoms with Crippen molar-refractivity contribution < 1.29 is 9.90 Å². The summed E-state index contributed by atoms with van der Waals surface area (Å²) >= 11 is 0. The molecule has 0 radical (unpaired) electrons. The van der Waals surface area contributed by atoms with Crippen LogP contribution in [-0.2, 0) is 4.79 Å². The van der Waals surface area contributed by atoms with Crippen LogP contribution < -0.4 is 10.6 Å². The Labute approximate surface area is 120 Å². The van der Waals surface area contributed by atoms with Crippen molar-refractivity contribution in [2.45, 2.75) is 40.0 Å². The number of hydrogen-bond donors (Lipinski definition) is 3. The normalized spacial score (nSPS) is 17.8. The van der Waals surface area contributed by atoms with Gasteiger partial charge in [-0.05, 0) is 69.5 Å². The number of amides is 1. The van der Waals surface area contributed by atoms with Crippen LogP contribution in [-0.4, -0.2) is 24.1 Å². The third-order valence-electron chi connectivity index (χ3n) is 4.51. The van der Waals surface area contributed by atoms with E-state index in [0.717, 1.165) is 49.2 Å². The van der Waals surface area contributed by atoms with Gasteiger partial charge in [0.15, 0.2) is 0 Å². The molecule has 0 aliphatic carbocycles.